The molecule has 0 fully saturated rings. The molecule has 0 aliphatic carbocycles. The Labute approximate surface area is 168 Å². The topological polar surface area (TPSA) is 138 Å². The van der Waals surface area contributed by atoms with Crippen LogP contribution in [0.5, 0.6) is 0 Å². The predicted molar refractivity (Wildman–Crippen MR) is 117 cm³/mol. The highest BCUT2D eigenvalue weighted by atomic mass is 32.2. The average Bonchev–Trinajstić information content (AvgIpc) is 2.78. The Balaban J connectivity index is 2.37. The van der Waals surface area contributed by atoms with Crippen molar-refractivity contribution in [3.8, 4) is 0 Å². The maximum absolute atomic E-state index is 13.0. The lowest BCUT2D eigenvalue weighted by Gasteiger charge is -2.16. The van der Waals surface area contributed by atoms with Gasteiger partial charge in [0.05, 0.1) is 23.5 Å². The third-order valence-corrected chi connectivity index (χ3v) is 5.03. The number of hydrogen-bond acceptors (Lipinski definition) is 9. The molecule has 1 aliphatic rings. The minimum Gasteiger partial charge on any atom is -0.405 e. The molecule has 0 spiro atoms. The zero-order valence-electron chi connectivity index (χ0n) is 16.1. The van der Waals surface area contributed by atoms with E-state index >= 15 is 0 Å². The molecule has 2 rings (SSSR count). The fourth-order valence-corrected chi connectivity index (χ4v) is 3.57. The molecule has 0 unspecified atom stereocenters. The van der Waals surface area contributed by atoms with Gasteiger partial charge in [0.15, 0.2) is 0 Å². The number of hydrazone groups is 1. The summed E-state index contributed by atoms with van der Waals surface area (Å²) in [6, 6.07) is 0. The quantitative estimate of drug-likeness (QED) is 0.477. The van der Waals surface area contributed by atoms with E-state index in [9.17, 15) is 4.79 Å². The molecule has 0 atom stereocenters. The first-order chi connectivity index (χ1) is 13.4. The summed E-state index contributed by atoms with van der Waals surface area (Å²) in [5, 5.41) is 22.2. The van der Waals surface area contributed by atoms with Crippen molar-refractivity contribution < 1.29 is 0 Å². The molecule has 1 aromatic heterocycles. The van der Waals surface area contributed by atoms with E-state index in [4.69, 9.17) is 16.9 Å². The first kappa shape index (κ1) is 21.5. The van der Waals surface area contributed by atoms with Crippen LogP contribution >= 0.6 is 11.8 Å². The second-order valence-electron chi connectivity index (χ2n) is 6.02. The summed E-state index contributed by atoms with van der Waals surface area (Å²) >= 11 is 1.42. The Kier molecular flexibility index (Phi) is 7.59. The largest absolute Gasteiger partial charge is 0.405 e. The monoisotopic (exact) mass is 402 g/mol. The van der Waals surface area contributed by atoms with E-state index in [1.807, 2.05) is 6.08 Å². The van der Waals surface area contributed by atoms with Gasteiger partial charge in [-0.15, -0.1) is 0 Å². The normalized spacial score (nSPS) is 14.7. The maximum atomic E-state index is 13.0. The van der Waals surface area contributed by atoms with Crippen LogP contribution < -0.4 is 27.4 Å². The van der Waals surface area contributed by atoms with Gasteiger partial charge in [-0.25, -0.2) is 4.68 Å². The highest BCUT2D eigenvalue weighted by molar-refractivity contribution is 8.21. The number of rotatable bonds is 8. The van der Waals surface area contributed by atoms with Crippen molar-refractivity contribution in [3.63, 3.8) is 0 Å². The Hall–Kier alpha value is -2.85. The fraction of sp³-hybridized carbons (Fsp3) is 0.333. The van der Waals surface area contributed by atoms with E-state index in [2.05, 4.69) is 22.1 Å². The molecular formula is C18H26N8OS. The van der Waals surface area contributed by atoms with Crippen molar-refractivity contribution >= 4 is 33.1 Å². The number of allylic oxidation sites excluding steroid dienone is 1. The molecule has 28 heavy (non-hydrogen) atoms. The van der Waals surface area contributed by atoms with Crippen LogP contribution in [0, 0.1) is 5.41 Å². The van der Waals surface area contributed by atoms with Gasteiger partial charge in [-0.2, -0.15) is 10.2 Å². The predicted octanol–water partition coefficient (Wildman–Crippen LogP) is 1.04. The molecule has 0 aromatic carbocycles. The van der Waals surface area contributed by atoms with E-state index in [1.165, 1.54) is 22.6 Å². The zero-order chi connectivity index (χ0) is 20.7. The van der Waals surface area contributed by atoms with Gasteiger partial charge in [0.2, 0.25) is 0 Å². The average molecular weight is 403 g/mol. The molecule has 0 saturated heterocycles. The summed E-state index contributed by atoms with van der Waals surface area (Å²) in [7, 11) is 3.45. The number of nitrogens with zero attached hydrogens (tertiary/aromatic N) is 4. The third kappa shape index (κ3) is 4.90. The molecule has 6 N–H and O–H groups in total. The Morgan fingerprint density at radius 2 is 2.25 bits per heavy atom. The number of hydrogen-bond donors (Lipinski definition) is 4. The van der Waals surface area contributed by atoms with Gasteiger partial charge in [0.25, 0.3) is 5.56 Å². The van der Waals surface area contributed by atoms with Crippen LogP contribution in [-0.2, 0) is 6.54 Å². The summed E-state index contributed by atoms with van der Waals surface area (Å²) in [4.78, 5) is 13.7. The van der Waals surface area contributed by atoms with E-state index in [-0.39, 0.29) is 24.4 Å². The molecule has 0 saturated carbocycles. The number of anilines is 1. The van der Waals surface area contributed by atoms with Crippen LogP contribution in [0.4, 0.5) is 5.69 Å². The Bertz CT molecular complexity index is 899. The minimum absolute atomic E-state index is 0.0160. The standard InChI is InChI=1S/C18H26N8OS/c1-12-14-10-23-26(11-15(21)13(8-20)9-22-2)18(27)17(14)25(3)24-16(28-12)6-4-5-7-19/h5,7,9-10,21-22H,1,4,6,8,11,19-20H2,2-3H3/b7-5-,13-9-,21-15?. The van der Waals surface area contributed by atoms with E-state index < -0.39 is 0 Å². The van der Waals surface area contributed by atoms with Crippen LogP contribution in [0.25, 0.3) is 4.91 Å². The highest BCUT2D eigenvalue weighted by Gasteiger charge is 2.23. The lowest BCUT2D eigenvalue weighted by atomic mass is 10.1. The first-order valence-corrected chi connectivity index (χ1v) is 9.53. The SMILES string of the molecule is C=C1SC(CC/C=C\N)=NN(C)c2c1cnn(CC(=N)/C(=C\NC)CN)c2=O. The van der Waals surface area contributed by atoms with Gasteiger partial charge in [-0.05, 0) is 12.6 Å². The first-order valence-electron chi connectivity index (χ1n) is 8.72. The zero-order valence-corrected chi connectivity index (χ0v) is 16.9. The second-order valence-corrected chi connectivity index (χ2v) is 7.19. The van der Waals surface area contributed by atoms with E-state index in [1.54, 1.807) is 31.5 Å². The fourth-order valence-electron chi connectivity index (χ4n) is 2.64. The molecule has 0 radical (unpaired) electrons. The molecule has 1 aromatic rings. The third-order valence-electron chi connectivity index (χ3n) is 4.04. The van der Waals surface area contributed by atoms with Crippen LogP contribution in [-0.4, -0.2) is 41.2 Å². The highest BCUT2D eigenvalue weighted by Crippen LogP contribution is 2.35. The van der Waals surface area contributed by atoms with Crippen molar-refractivity contribution in [2.24, 2.45) is 16.6 Å². The van der Waals surface area contributed by atoms with Gasteiger partial charge < -0.3 is 22.2 Å². The summed E-state index contributed by atoms with van der Waals surface area (Å²) < 4.78 is 1.24. The van der Waals surface area contributed by atoms with Crippen molar-refractivity contribution in [1.29, 1.82) is 5.41 Å². The number of nitrogens with two attached hydrogens (primary N) is 2. The lowest BCUT2D eigenvalue weighted by molar-refractivity contribution is 0.663. The molecule has 10 heteroatoms. The summed E-state index contributed by atoms with van der Waals surface area (Å²) in [6.07, 6.45) is 8.05. The summed E-state index contributed by atoms with van der Waals surface area (Å²) in [6.45, 7) is 4.28. The van der Waals surface area contributed by atoms with Crippen LogP contribution in [0.2, 0.25) is 0 Å². The molecule has 0 amide bonds. The number of thioether (sulfide) groups is 1. The van der Waals surface area contributed by atoms with Crippen molar-refractivity contribution in [1.82, 2.24) is 15.1 Å². The van der Waals surface area contributed by atoms with Gasteiger partial charge in [0.1, 0.15) is 5.69 Å². The van der Waals surface area contributed by atoms with Crippen LogP contribution in [0.1, 0.15) is 18.4 Å². The molecule has 1 aliphatic heterocycles. The maximum Gasteiger partial charge on any atom is 0.293 e. The van der Waals surface area contributed by atoms with E-state index in [0.29, 0.717) is 28.1 Å². The molecule has 0 bridgehead atoms. The lowest BCUT2D eigenvalue weighted by Crippen LogP contribution is -2.32. The smallest absolute Gasteiger partial charge is 0.293 e. The van der Waals surface area contributed by atoms with Crippen LogP contribution in [0.15, 0.2) is 46.7 Å². The van der Waals surface area contributed by atoms with Crippen molar-refractivity contribution in [2.45, 2.75) is 19.4 Å². The van der Waals surface area contributed by atoms with Gasteiger partial charge in [-0.1, -0.05) is 24.4 Å². The minimum atomic E-state index is -0.334. The Morgan fingerprint density at radius 1 is 1.50 bits per heavy atom. The Morgan fingerprint density at radius 3 is 2.89 bits per heavy atom. The molecule has 150 valence electrons. The second kappa shape index (κ2) is 9.90. The van der Waals surface area contributed by atoms with Gasteiger partial charge >= 0.3 is 0 Å². The van der Waals surface area contributed by atoms with Gasteiger partial charge in [-0.3, -0.25) is 9.80 Å². The van der Waals surface area contributed by atoms with Crippen LogP contribution in [0.3, 0.4) is 0 Å². The number of nitrogens with one attached hydrogen (secondary N) is 2. The molecule has 9 nitrogen and oxygen atoms in total. The summed E-state index contributed by atoms with van der Waals surface area (Å²) in [5.74, 6) is 0. The van der Waals surface area contributed by atoms with Gasteiger partial charge in [0, 0.05) is 49.3 Å². The number of fused-ring (bicyclic) bond motifs is 1. The molecular weight excluding hydrogens is 376 g/mol. The summed E-state index contributed by atoms with van der Waals surface area (Å²) in [5.41, 5.74) is 12.6. The van der Waals surface area contributed by atoms with Crippen molar-refractivity contribution in [2.75, 3.05) is 25.6 Å². The van der Waals surface area contributed by atoms with Crippen molar-refractivity contribution in [3.05, 3.63) is 52.7 Å². The number of aromatic nitrogens is 2. The molecule has 2 heterocycles. The van der Waals surface area contributed by atoms with E-state index in [0.717, 1.165) is 11.5 Å².